The smallest absolute Gasteiger partial charge is 0.326 e. The monoisotopic (exact) mass is 541 g/mol. The van der Waals surface area contributed by atoms with E-state index in [-0.39, 0.29) is 12.8 Å². The average molecular weight is 542 g/mol. The maximum Gasteiger partial charge on any atom is 0.326 e. The summed E-state index contributed by atoms with van der Waals surface area (Å²) in [4.78, 5) is 61.8. The van der Waals surface area contributed by atoms with Crippen molar-refractivity contribution in [3.8, 4) is 0 Å². The van der Waals surface area contributed by atoms with E-state index in [4.69, 9.17) is 11.5 Å². The summed E-state index contributed by atoms with van der Waals surface area (Å²) in [5.74, 6) is -3.04. The number of rotatable bonds is 17. The van der Waals surface area contributed by atoms with Crippen molar-refractivity contribution in [2.45, 2.75) is 49.9 Å². The normalized spacial score (nSPS) is 14.1. The van der Waals surface area contributed by atoms with E-state index in [1.165, 1.54) is 23.5 Å². The van der Waals surface area contributed by atoms with E-state index in [1.54, 1.807) is 30.3 Å². The quantitative estimate of drug-likeness (QED) is 0.150. The fourth-order valence-electron chi connectivity index (χ4n) is 3.16. The number of carboxylic acids is 1. The van der Waals surface area contributed by atoms with Gasteiger partial charge in [0.2, 0.25) is 23.6 Å². The molecule has 0 radical (unpaired) electrons. The fourth-order valence-corrected chi connectivity index (χ4v) is 4.12. The minimum atomic E-state index is -1.35. The summed E-state index contributed by atoms with van der Waals surface area (Å²) < 4.78 is 0. The molecule has 0 fully saturated rings. The highest BCUT2D eigenvalue weighted by molar-refractivity contribution is 7.98. The minimum Gasteiger partial charge on any atom is -0.480 e. The number of thioether (sulfide) groups is 2. The first kappa shape index (κ1) is 31.3. The van der Waals surface area contributed by atoms with Gasteiger partial charge in [-0.25, -0.2) is 4.79 Å². The number of carboxylic acid groups (broad SMARTS) is 1. The van der Waals surface area contributed by atoms with Gasteiger partial charge in [-0.15, -0.1) is 0 Å². The standard InChI is InChI=1S/C23H35N5O6S2/c1-35-10-8-15(24)20(30)27-18(13-19(25)29)22(32)28-17(12-14-6-4-3-5-7-14)21(31)26-16(23(33)34)9-11-36-2/h3-7,15-18H,8-13,24H2,1-2H3,(H2,25,29)(H,26,31)(H,27,30)(H,28,32)(H,33,34). The van der Waals surface area contributed by atoms with E-state index < -0.39 is 60.2 Å². The molecule has 36 heavy (non-hydrogen) atoms. The first-order valence-corrected chi connectivity index (χ1v) is 14.1. The Hall–Kier alpha value is -2.77. The third-order valence-corrected chi connectivity index (χ3v) is 6.44. The van der Waals surface area contributed by atoms with Crippen LogP contribution in [-0.4, -0.2) is 82.9 Å². The first-order chi connectivity index (χ1) is 17.1. The highest BCUT2D eigenvalue weighted by atomic mass is 32.2. The largest absolute Gasteiger partial charge is 0.480 e. The van der Waals surface area contributed by atoms with Gasteiger partial charge in [0.1, 0.15) is 18.1 Å². The SMILES string of the molecule is CSCCC(N)C(=O)NC(CC(N)=O)C(=O)NC(Cc1ccccc1)C(=O)NC(CCSC)C(=O)O. The number of carbonyl (C=O) groups excluding carboxylic acids is 4. The van der Waals surface area contributed by atoms with Crippen molar-refractivity contribution in [2.24, 2.45) is 11.5 Å². The molecule has 0 bridgehead atoms. The van der Waals surface area contributed by atoms with E-state index in [0.29, 0.717) is 23.5 Å². The molecule has 1 aromatic rings. The van der Waals surface area contributed by atoms with Crippen LogP contribution >= 0.6 is 23.5 Å². The molecule has 0 heterocycles. The Bertz CT molecular complexity index is 889. The second-order valence-corrected chi connectivity index (χ2v) is 10.0. The van der Waals surface area contributed by atoms with Crippen molar-refractivity contribution < 1.29 is 29.1 Å². The molecule has 1 aromatic carbocycles. The second kappa shape index (κ2) is 16.8. The van der Waals surface area contributed by atoms with Gasteiger partial charge in [0, 0.05) is 6.42 Å². The van der Waals surface area contributed by atoms with Gasteiger partial charge < -0.3 is 32.5 Å². The maximum atomic E-state index is 13.1. The zero-order valence-corrected chi connectivity index (χ0v) is 22.0. The predicted molar refractivity (Wildman–Crippen MR) is 141 cm³/mol. The van der Waals surface area contributed by atoms with Crippen LogP contribution in [0.4, 0.5) is 0 Å². The van der Waals surface area contributed by atoms with Gasteiger partial charge in [-0.1, -0.05) is 30.3 Å². The Morgan fingerprint density at radius 3 is 1.92 bits per heavy atom. The second-order valence-electron chi connectivity index (χ2n) is 8.05. The summed E-state index contributed by atoms with van der Waals surface area (Å²) in [6.45, 7) is 0. The molecule has 4 atom stereocenters. The van der Waals surface area contributed by atoms with Crippen LogP contribution < -0.4 is 27.4 Å². The molecule has 4 amide bonds. The van der Waals surface area contributed by atoms with Crippen molar-refractivity contribution in [2.75, 3.05) is 24.0 Å². The van der Waals surface area contributed by atoms with Crippen LogP contribution in [-0.2, 0) is 30.4 Å². The van der Waals surface area contributed by atoms with Gasteiger partial charge in [-0.3, -0.25) is 19.2 Å². The minimum absolute atomic E-state index is 0.0533. The molecule has 200 valence electrons. The molecular formula is C23H35N5O6S2. The number of carbonyl (C=O) groups is 5. The number of nitrogens with two attached hydrogens (primary N) is 2. The Kier molecular flexibility index (Phi) is 14.6. The van der Waals surface area contributed by atoms with Crippen LogP contribution in [0.25, 0.3) is 0 Å². The molecule has 0 aromatic heterocycles. The van der Waals surface area contributed by atoms with Crippen LogP contribution in [0.5, 0.6) is 0 Å². The van der Waals surface area contributed by atoms with Gasteiger partial charge in [0.15, 0.2) is 0 Å². The lowest BCUT2D eigenvalue weighted by molar-refractivity contribution is -0.142. The lowest BCUT2D eigenvalue weighted by Gasteiger charge is -2.25. The molecule has 0 aliphatic rings. The van der Waals surface area contributed by atoms with E-state index in [1.807, 2.05) is 12.5 Å². The van der Waals surface area contributed by atoms with Crippen LogP contribution in [0.2, 0.25) is 0 Å². The van der Waals surface area contributed by atoms with Crippen molar-refractivity contribution in [1.29, 1.82) is 0 Å². The van der Waals surface area contributed by atoms with Crippen molar-refractivity contribution >= 4 is 53.1 Å². The Labute approximate surface area is 219 Å². The number of benzene rings is 1. The molecule has 11 nitrogen and oxygen atoms in total. The number of hydrogen-bond acceptors (Lipinski definition) is 8. The number of hydrogen-bond donors (Lipinski definition) is 6. The molecule has 0 spiro atoms. The summed E-state index contributed by atoms with van der Waals surface area (Å²) in [6, 6.07) is 4.26. The van der Waals surface area contributed by atoms with Crippen LogP contribution in [0, 0.1) is 0 Å². The Balaban J connectivity index is 3.08. The van der Waals surface area contributed by atoms with E-state index in [9.17, 15) is 29.1 Å². The fraction of sp³-hybridized carbons (Fsp3) is 0.522. The van der Waals surface area contributed by atoms with Crippen molar-refractivity contribution in [1.82, 2.24) is 16.0 Å². The molecule has 0 aliphatic heterocycles. The molecule has 0 saturated carbocycles. The molecular weight excluding hydrogens is 506 g/mol. The summed E-state index contributed by atoms with van der Waals surface area (Å²) in [6.07, 6.45) is 3.79. The first-order valence-electron chi connectivity index (χ1n) is 11.3. The van der Waals surface area contributed by atoms with Crippen LogP contribution in [0.15, 0.2) is 30.3 Å². The zero-order valence-electron chi connectivity index (χ0n) is 20.4. The lowest BCUT2D eigenvalue weighted by atomic mass is 10.0. The number of aliphatic carboxylic acids is 1. The highest BCUT2D eigenvalue weighted by Crippen LogP contribution is 2.07. The van der Waals surface area contributed by atoms with E-state index >= 15 is 0 Å². The number of primary amides is 1. The molecule has 0 saturated heterocycles. The van der Waals surface area contributed by atoms with Crippen LogP contribution in [0.3, 0.4) is 0 Å². The molecule has 4 unspecified atom stereocenters. The van der Waals surface area contributed by atoms with E-state index in [0.717, 1.165) is 0 Å². The highest BCUT2D eigenvalue weighted by Gasteiger charge is 2.31. The third-order valence-electron chi connectivity index (χ3n) is 5.15. The predicted octanol–water partition coefficient (Wildman–Crippen LogP) is -0.523. The third kappa shape index (κ3) is 11.8. The van der Waals surface area contributed by atoms with Gasteiger partial charge in [0.05, 0.1) is 12.5 Å². The summed E-state index contributed by atoms with van der Waals surface area (Å²) in [5, 5.41) is 16.9. The lowest BCUT2D eigenvalue weighted by Crippen LogP contribution is -2.58. The Morgan fingerprint density at radius 1 is 0.833 bits per heavy atom. The van der Waals surface area contributed by atoms with Gasteiger partial charge in [-0.2, -0.15) is 23.5 Å². The van der Waals surface area contributed by atoms with Crippen LogP contribution in [0.1, 0.15) is 24.8 Å². The number of amides is 4. The summed E-state index contributed by atoms with van der Waals surface area (Å²) >= 11 is 2.94. The zero-order chi connectivity index (χ0) is 27.1. The number of nitrogens with one attached hydrogen (secondary N) is 3. The van der Waals surface area contributed by atoms with Gasteiger partial charge >= 0.3 is 5.97 Å². The summed E-state index contributed by atoms with van der Waals surface area (Å²) in [5.41, 5.74) is 11.8. The topological polar surface area (TPSA) is 194 Å². The van der Waals surface area contributed by atoms with Crippen molar-refractivity contribution in [3.05, 3.63) is 35.9 Å². The van der Waals surface area contributed by atoms with E-state index in [2.05, 4.69) is 16.0 Å². The van der Waals surface area contributed by atoms with Gasteiger partial charge in [-0.05, 0) is 42.4 Å². The Morgan fingerprint density at radius 2 is 1.36 bits per heavy atom. The maximum absolute atomic E-state index is 13.1. The molecule has 0 aliphatic carbocycles. The molecule has 8 N–H and O–H groups in total. The van der Waals surface area contributed by atoms with Gasteiger partial charge in [0.25, 0.3) is 0 Å². The molecule has 13 heteroatoms. The molecule has 1 rings (SSSR count). The van der Waals surface area contributed by atoms with Crippen molar-refractivity contribution in [3.63, 3.8) is 0 Å². The average Bonchev–Trinajstić information content (AvgIpc) is 2.84. The summed E-state index contributed by atoms with van der Waals surface area (Å²) in [7, 11) is 0.